The molecule has 9 nitrogen and oxygen atoms in total. The molecule has 9 heteroatoms. The van der Waals surface area contributed by atoms with E-state index >= 15 is 0 Å². The van der Waals surface area contributed by atoms with E-state index in [2.05, 4.69) is 52.0 Å². The molecule has 1 aliphatic heterocycles. The molecule has 0 aliphatic carbocycles. The highest BCUT2D eigenvalue weighted by Crippen LogP contribution is 2.39. The van der Waals surface area contributed by atoms with Crippen LogP contribution in [-0.4, -0.2) is 33.3 Å². The number of nitrogens with one attached hydrogen (secondary N) is 4. The first-order valence-electron chi connectivity index (χ1n) is 11.6. The van der Waals surface area contributed by atoms with Crippen LogP contribution >= 0.6 is 0 Å². The van der Waals surface area contributed by atoms with Crippen molar-refractivity contribution in [2.45, 2.75) is 52.4 Å². The van der Waals surface area contributed by atoms with Crippen molar-refractivity contribution in [2.24, 2.45) is 0 Å². The predicted octanol–water partition coefficient (Wildman–Crippen LogP) is 4.64. The summed E-state index contributed by atoms with van der Waals surface area (Å²) in [6.07, 6.45) is 1.48. The molecule has 3 heterocycles. The molecule has 2 aromatic heterocycles. The smallest absolute Gasteiger partial charge is 0.256 e. The summed E-state index contributed by atoms with van der Waals surface area (Å²) in [7, 11) is 0. The molecule has 4 rings (SSSR count). The van der Waals surface area contributed by atoms with E-state index in [-0.39, 0.29) is 17.2 Å². The van der Waals surface area contributed by atoms with Gasteiger partial charge in [-0.1, -0.05) is 32.9 Å². The third-order valence-electron chi connectivity index (χ3n) is 5.90. The van der Waals surface area contributed by atoms with Crippen molar-refractivity contribution in [1.82, 2.24) is 20.3 Å². The van der Waals surface area contributed by atoms with Crippen LogP contribution in [0.15, 0.2) is 42.6 Å². The van der Waals surface area contributed by atoms with Crippen LogP contribution in [0.5, 0.6) is 0 Å². The van der Waals surface area contributed by atoms with Crippen LogP contribution in [0.1, 0.15) is 63.2 Å². The maximum atomic E-state index is 12.7. The number of rotatable bonds is 6. The molecule has 1 aliphatic rings. The first-order chi connectivity index (χ1) is 16.5. The Hall–Kier alpha value is -4.01. The third kappa shape index (κ3) is 4.94. The molecule has 2 amide bonds. The lowest BCUT2D eigenvalue weighted by Gasteiger charge is -2.19. The van der Waals surface area contributed by atoms with Gasteiger partial charge in [0.05, 0.1) is 5.41 Å². The number of aromatic nitrogens is 3. The molecule has 35 heavy (non-hydrogen) atoms. The molecule has 0 saturated heterocycles. The first-order valence-corrected chi connectivity index (χ1v) is 11.6. The standard InChI is InChI=1S/C26H31N7O2/c1-7-27-22(34)16-14-28-24(29-15-11-12-17-18(13-15)30-23(35)26(17,5)6)33-21(16)32-20-10-8-9-19(31-20)25(2,3)4/h8-14H,7H2,1-6H3,(H,27,34)(H,30,35)(H2,28,29,31,32,33). The fourth-order valence-corrected chi connectivity index (χ4v) is 3.80. The van der Waals surface area contributed by atoms with Gasteiger partial charge < -0.3 is 21.3 Å². The van der Waals surface area contributed by atoms with Crippen LogP contribution in [0.25, 0.3) is 0 Å². The second-order valence-corrected chi connectivity index (χ2v) is 10.1. The highest BCUT2D eigenvalue weighted by molar-refractivity contribution is 6.06. The Kier molecular flexibility index (Phi) is 6.19. The van der Waals surface area contributed by atoms with Gasteiger partial charge in [-0.15, -0.1) is 0 Å². The molecule has 0 atom stereocenters. The Morgan fingerprint density at radius 1 is 1.09 bits per heavy atom. The van der Waals surface area contributed by atoms with E-state index in [4.69, 9.17) is 4.98 Å². The van der Waals surface area contributed by atoms with Crippen molar-refractivity contribution in [1.29, 1.82) is 0 Å². The number of nitrogens with zero attached hydrogens (tertiary/aromatic N) is 3. The number of amides is 2. The highest BCUT2D eigenvalue weighted by atomic mass is 16.2. The average Bonchev–Trinajstić information content (AvgIpc) is 3.01. The van der Waals surface area contributed by atoms with Gasteiger partial charge in [-0.3, -0.25) is 9.59 Å². The van der Waals surface area contributed by atoms with Crippen molar-refractivity contribution >= 4 is 40.8 Å². The van der Waals surface area contributed by atoms with Gasteiger partial charge in [-0.25, -0.2) is 9.97 Å². The Morgan fingerprint density at radius 2 is 1.86 bits per heavy atom. The van der Waals surface area contributed by atoms with Gasteiger partial charge in [0, 0.05) is 35.2 Å². The van der Waals surface area contributed by atoms with E-state index in [1.807, 2.05) is 57.2 Å². The molecule has 0 fully saturated rings. The zero-order valence-electron chi connectivity index (χ0n) is 20.9. The molecule has 182 valence electrons. The van der Waals surface area contributed by atoms with E-state index < -0.39 is 5.41 Å². The van der Waals surface area contributed by atoms with Crippen molar-refractivity contribution in [3.8, 4) is 0 Å². The molecule has 3 aromatic rings. The molecule has 1 aromatic carbocycles. The number of hydrogen-bond acceptors (Lipinski definition) is 7. The maximum absolute atomic E-state index is 12.7. The second-order valence-electron chi connectivity index (χ2n) is 10.1. The number of benzene rings is 1. The van der Waals surface area contributed by atoms with Crippen LogP contribution in [0.4, 0.5) is 29.0 Å². The lowest BCUT2D eigenvalue weighted by Crippen LogP contribution is -2.26. The molecule has 4 N–H and O–H groups in total. The summed E-state index contributed by atoms with van der Waals surface area (Å²) in [5.41, 5.74) is 2.92. The van der Waals surface area contributed by atoms with Crippen LogP contribution in [-0.2, 0) is 15.6 Å². The van der Waals surface area contributed by atoms with Gasteiger partial charge in [0.1, 0.15) is 17.2 Å². The summed E-state index contributed by atoms with van der Waals surface area (Å²) < 4.78 is 0. The quantitative estimate of drug-likeness (QED) is 0.412. The van der Waals surface area contributed by atoms with Gasteiger partial charge in [0.15, 0.2) is 0 Å². The minimum absolute atomic E-state index is 0.0383. The number of carbonyl (C=O) groups excluding carboxylic acids is 2. The second kappa shape index (κ2) is 8.98. The molecule has 0 spiro atoms. The van der Waals surface area contributed by atoms with E-state index in [0.29, 0.717) is 35.4 Å². The van der Waals surface area contributed by atoms with Gasteiger partial charge in [-0.05, 0) is 50.6 Å². The molecule has 0 bridgehead atoms. The highest BCUT2D eigenvalue weighted by Gasteiger charge is 2.38. The van der Waals surface area contributed by atoms with Crippen molar-refractivity contribution in [2.75, 3.05) is 22.5 Å². The fourth-order valence-electron chi connectivity index (χ4n) is 3.80. The summed E-state index contributed by atoms with van der Waals surface area (Å²) in [6, 6.07) is 11.4. The summed E-state index contributed by atoms with van der Waals surface area (Å²) in [4.78, 5) is 38.5. The largest absolute Gasteiger partial charge is 0.352 e. The number of carbonyl (C=O) groups is 2. The van der Waals surface area contributed by atoms with E-state index in [1.54, 1.807) is 0 Å². The number of hydrogen-bond donors (Lipinski definition) is 4. The SMILES string of the molecule is CCNC(=O)c1cnc(Nc2ccc3c(c2)NC(=O)C3(C)C)nc1Nc1cccc(C(C)(C)C)n1. The Labute approximate surface area is 205 Å². The van der Waals surface area contributed by atoms with Crippen molar-refractivity contribution < 1.29 is 9.59 Å². The zero-order chi connectivity index (χ0) is 25.4. The van der Waals surface area contributed by atoms with E-state index in [9.17, 15) is 9.59 Å². The molecule has 0 unspecified atom stereocenters. The molecule has 0 radical (unpaired) electrons. The van der Waals surface area contributed by atoms with Crippen LogP contribution in [0.3, 0.4) is 0 Å². The Morgan fingerprint density at radius 3 is 2.57 bits per heavy atom. The Bertz CT molecular complexity index is 1300. The zero-order valence-corrected chi connectivity index (χ0v) is 20.9. The lowest BCUT2D eigenvalue weighted by atomic mass is 9.86. The topological polar surface area (TPSA) is 121 Å². The van der Waals surface area contributed by atoms with Gasteiger partial charge in [0.2, 0.25) is 11.9 Å². The number of fused-ring (bicyclic) bond motifs is 1. The number of pyridine rings is 1. The van der Waals surface area contributed by atoms with E-state index in [0.717, 1.165) is 16.9 Å². The summed E-state index contributed by atoms with van der Waals surface area (Å²) in [5.74, 6) is 0.897. The maximum Gasteiger partial charge on any atom is 0.256 e. The Balaban J connectivity index is 1.66. The first kappa shape index (κ1) is 24.1. The van der Waals surface area contributed by atoms with Crippen LogP contribution in [0.2, 0.25) is 0 Å². The normalized spacial score (nSPS) is 14.2. The van der Waals surface area contributed by atoms with Crippen molar-refractivity contribution in [3.05, 3.63) is 59.4 Å². The average molecular weight is 474 g/mol. The van der Waals surface area contributed by atoms with Crippen molar-refractivity contribution in [3.63, 3.8) is 0 Å². The lowest BCUT2D eigenvalue weighted by molar-refractivity contribution is -0.119. The summed E-state index contributed by atoms with van der Waals surface area (Å²) >= 11 is 0. The predicted molar refractivity (Wildman–Crippen MR) is 138 cm³/mol. The summed E-state index contributed by atoms with van der Waals surface area (Å²) in [6.45, 7) is 12.4. The van der Waals surface area contributed by atoms with Gasteiger partial charge in [0.25, 0.3) is 5.91 Å². The van der Waals surface area contributed by atoms with Crippen LogP contribution < -0.4 is 21.3 Å². The fraction of sp³-hybridized carbons (Fsp3) is 0.346. The third-order valence-corrected chi connectivity index (χ3v) is 5.90. The summed E-state index contributed by atoms with van der Waals surface area (Å²) in [5, 5.41) is 12.1. The van der Waals surface area contributed by atoms with Crippen LogP contribution in [0, 0.1) is 0 Å². The molecular formula is C26H31N7O2. The molecular weight excluding hydrogens is 442 g/mol. The van der Waals surface area contributed by atoms with Gasteiger partial charge >= 0.3 is 0 Å². The minimum Gasteiger partial charge on any atom is -0.352 e. The molecule has 0 saturated carbocycles. The van der Waals surface area contributed by atoms with Gasteiger partial charge in [-0.2, -0.15) is 4.98 Å². The minimum atomic E-state index is -0.579. The van der Waals surface area contributed by atoms with E-state index in [1.165, 1.54) is 6.20 Å². The number of anilines is 5. The monoisotopic (exact) mass is 473 g/mol.